The summed E-state index contributed by atoms with van der Waals surface area (Å²) in [6.07, 6.45) is 0.432. The maximum absolute atomic E-state index is 15.2. The minimum absolute atomic E-state index is 0.00382. The van der Waals surface area contributed by atoms with Gasteiger partial charge in [0.1, 0.15) is 17.8 Å². The number of alkyl halides is 1. The number of likely N-dealkylation sites (tertiary alicyclic amines) is 1. The van der Waals surface area contributed by atoms with Gasteiger partial charge in [-0.25, -0.2) is 13.2 Å². The smallest absolute Gasteiger partial charge is 0.306 e. The predicted molar refractivity (Wildman–Crippen MR) is 150 cm³/mol. The highest BCUT2D eigenvalue weighted by Gasteiger charge is 2.37. The average Bonchev–Trinajstić information content (AvgIpc) is 3.53. The van der Waals surface area contributed by atoms with Crippen molar-refractivity contribution in [2.24, 2.45) is 13.0 Å². The SMILES string of the molecule is Cn1cc(C(=O)Nc2cc(F)c(CC(=O)C(OC3CCC(C(=O)O)CC3)N3CC[C@H](F)C3)cc2Cl)c2c(F)cccc21. The Kier molecular flexibility index (Phi) is 8.91. The number of fused-ring (bicyclic) bond motifs is 1. The number of anilines is 1. The van der Waals surface area contributed by atoms with Crippen LogP contribution in [0.5, 0.6) is 0 Å². The maximum Gasteiger partial charge on any atom is 0.306 e. The number of nitrogens with zero attached hydrogens (tertiary/aromatic N) is 2. The maximum atomic E-state index is 15.2. The summed E-state index contributed by atoms with van der Waals surface area (Å²) in [5.74, 6) is -3.86. The number of aromatic nitrogens is 1. The largest absolute Gasteiger partial charge is 0.481 e. The van der Waals surface area contributed by atoms with E-state index in [4.69, 9.17) is 16.3 Å². The molecule has 2 atom stereocenters. The molecule has 8 nitrogen and oxygen atoms in total. The summed E-state index contributed by atoms with van der Waals surface area (Å²) in [5.41, 5.74) is 0.482. The summed E-state index contributed by atoms with van der Waals surface area (Å²) in [7, 11) is 1.67. The third kappa shape index (κ3) is 6.33. The van der Waals surface area contributed by atoms with E-state index < -0.39 is 54.0 Å². The van der Waals surface area contributed by atoms with Crippen molar-refractivity contribution in [2.45, 2.75) is 57.0 Å². The lowest BCUT2D eigenvalue weighted by Gasteiger charge is -2.33. The van der Waals surface area contributed by atoms with Gasteiger partial charge in [0.2, 0.25) is 0 Å². The van der Waals surface area contributed by atoms with Crippen molar-refractivity contribution in [3.63, 3.8) is 0 Å². The van der Waals surface area contributed by atoms with E-state index >= 15 is 4.39 Å². The number of ketones is 1. The fourth-order valence-electron chi connectivity index (χ4n) is 5.81. The summed E-state index contributed by atoms with van der Waals surface area (Å²) < 4.78 is 51.5. The zero-order chi connectivity index (χ0) is 30.1. The fourth-order valence-corrected chi connectivity index (χ4v) is 6.04. The van der Waals surface area contributed by atoms with E-state index in [9.17, 15) is 28.3 Å². The van der Waals surface area contributed by atoms with E-state index in [2.05, 4.69) is 5.32 Å². The van der Waals surface area contributed by atoms with E-state index in [0.29, 0.717) is 37.7 Å². The number of aliphatic carboxylic acids is 1. The molecule has 0 spiro atoms. The molecular formula is C30H31ClF3N3O5. The minimum atomic E-state index is -1.11. The molecule has 2 fully saturated rings. The molecule has 0 radical (unpaired) electrons. The molecular weight excluding hydrogens is 575 g/mol. The van der Waals surface area contributed by atoms with Gasteiger partial charge in [0.05, 0.1) is 33.8 Å². The average molecular weight is 606 g/mol. The number of amides is 1. The molecule has 2 aliphatic rings. The zero-order valence-corrected chi connectivity index (χ0v) is 23.7. The number of halogens is 4. The molecule has 3 aromatic rings. The number of hydrogen-bond acceptors (Lipinski definition) is 5. The highest BCUT2D eigenvalue weighted by Crippen LogP contribution is 2.31. The molecule has 2 heterocycles. The summed E-state index contributed by atoms with van der Waals surface area (Å²) in [4.78, 5) is 39.3. The Hall–Kier alpha value is -3.41. The molecule has 1 aromatic heterocycles. The zero-order valence-electron chi connectivity index (χ0n) is 22.9. The predicted octanol–water partition coefficient (Wildman–Crippen LogP) is 5.50. The van der Waals surface area contributed by atoms with Crippen LogP contribution in [0.3, 0.4) is 0 Å². The quantitative estimate of drug-likeness (QED) is 0.334. The molecule has 1 saturated carbocycles. The molecule has 1 amide bonds. The lowest BCUT2D eigenvalue weighted by molar-refractivity contribution is -0.157. The molecule has 1 saturated heterocycles. The number of carbonyl (C=O) groups excluding carboxylic acids is 2. The van der Waals surface area contributed by atoms with Crippen LogP contribution in [-0.2, 0) is 27.8 Å². The Labute approximate surface area is 245 Å². The highest BCUT2D eigenvalue weighted by molar-refractivity contribution is 6.34. The lowest BCUT2D eigenvalue weighted by atomic mass is 9.87. The summed E-state index contributed by atoms with van der Waals surface area (Å²) in [6, 6.07) is 6.68. The number of aryl methyl sites for hydroxylation is 1. The first-order chi connectivity index (χ1) is 20.0. The summed E-state index contributed by atoms with van der Waals surface area (Å²) >= 11 is 6.38. The van der Waals surface area contributed by atoms with Gasteiger partial charge in [-0.05, 0) is 61.9 Å². The van der Waals surface area contributed by atoms with Gasteiger partial charge >= 0.3 is 5.97 Å². The van der Waals surface area contributed by atoms with Gasteiger partial charge in [0.15, 0.2) is 12.0 Å². The van der Waals surface area contributed by atoms with Crippen molar-refractivity contribution < 1.29 is 37.4 Å². The van der Waals surface area contributed by atoms with Gasteiger partial charge in [-0.2, -0.15) is 0 Å². The first kappa shape index (κ1) is 30.1. The van der Waals surface area contributed by atoms with Crippen molar-refractivity contribution >= 4 is 45.9 Å². The van der Waals surface area contributed by atoms with Crippen molar-refractivity contribution in [1.82, 2.24) is 9.47 Å². The Morgan fingerprint density at radius 1 is 1.12 bits per heavy atom. The number of hydrogen-bond donors (Lipinski definition) is 2. The lowest BCUT2D eigenvalue weighted by Crippen LogP contribution is -2.45. The molecule has 12 heteroatoms. The van der Waals surface area contributed by atoms with Crippen LogP contribution < -0.4 is 5.32 Å². The van der Waals surface area contributed by atoms with Crippen LogP contribution in [0.4, 0.5) is 18.9 Å². The van der Waals surface area contributed by atoms with Crippen molar-refractivity contribution in [2.75, 3.05) is 18.4 Å². The number of rotatable bonds is 9. The van der Waals surface area contributed by atoms with Crippen LogP contribution in [0.1, 0.15) is 48.0 Å². The third-order valence-electron chi connectivity index (χ3n) is 8.07. The van der Waals surface area contributed by atoms with E-state index in [1.54, 1.807) is 22.6 Å². The number of carboxylic acid groups (broad SMARTS) is 1. The standard InChI is InChI=1S/C30H31ClF3N3O5/c1-36-15-20(27-22(33)3-2-4-25(27)36)28(39)35-24-13-23(34)17(11-21(24)31)12-26(38)29(37-10-9-18(32)14-37)42-19-7-5-16(6-8-19)30(40)41/h2-4,11,13,15-16,18-19,29H,5-10,12,14H2,1H3,(H,35,39)(H,40,41)/t16?,18-,19?,29?/m0/s1. The van der Waals surface area contributed by atoms with Crippen LogP contribution in [-0.4, -0.2) is 63.8 Å². The Morgan fingerprint density at radius 3 is 2.52 bits per heavy atom. The van der Waals surface area contributed by atoms with Crippen molar-refractivity contribution in [3.8, 4) is 0 Å². The number of Topliss-reactive ketones (excluding diaryl/α,β-unsaturated/α-hetero) is 1. The number of ether oxygens (including phenoxy) is 1. The van der Waals surface area contributed by atoms with Gasteiger partial charge in [-0.1, -0.05) is 17.7 Å². The summed E-state index contributed by atoms with van der Waals surface area (Å²) in [6.45, 7) is 0.300. The second kappa shape index (κ2) is 12.4. The first-order valence-electron chi connectivity index (χ1n) is 13.8. The normalized spacial score (nSPS) is 21.9. The molecule has 0 bridgehead atoms. The van der Waals surface area contributed by atoms with Crippen LogP contribution in [0.15, 0.2) is 36.5 Å². The fraction of sp³-hybridized carbons (Fsp3) is 0.433. The first-order valence-corrected chi connectivity index (χ1v) is 14.2. The van der Waals surface area contributed by atoms with Crippen LogP contribution >= 0.6 is 11.6 Å². The van der Waals surface area contributed by atoms with Crippen LogP contribution in [0, 0.1) is 17.6 Å². The molecule has 5 rings (SSSR count). The van der Waals surface area contributed by atoms with E-state index in [1.165, 1.54) is 24.4 Å². The van der Waals surface area contributed by atoms with E-state index in [1.807, 2.05) is 0 Å². The minimum Gasteiger partial charge on any atom is -0.481 e. The van der Waals surface area contributed by atoms with E-state index in [-0.39, 0.29) is 46.3 Å². The van der Waals surface area contributed by atoms with Gasteiger partial charge in [-0.3, -0.25) is 19.3 Å². The van der Waals surface area contributed by atoms with Crippen molar-refractivity contribution in [1.29, 1.82) is 0 Å². The Morgan fingerprint density at radius 2 is 1.86 bits per heavy atom. The monoisotopic (exact) mass is 605 g/mol. The second-order valence-corrected chi connectivity index (χ2v) is 11.4. The van der Waals surface area contributed by atoms with Gasteiger partial charge < -0.3 is 19.7 Å². The van der Waals surface area contributed by atoms with Gasteiger partial charge in [0, 0.05) is 38.1 Å². The number of benzene rings is 2. The van der Waals surface area contributed by atoms with Crippen LogP contribution in [0.2, 0.25) is 5.02 Å². The number of nitrogens with one attached hydrogen (secondary N) is 1. The highest BCUT2D eigenvalue weighted by atomic mass is 35.5. The molecule has 2 N–H and O–H groups in total. The third-order valence-corrected chi connectivity index (χ3v) is 8.38. The summed E-state index contributed by atoms with van der Waals surface area (Å²) in [5, 5.41) is 11.9. The molecule has 1 unspecified atom stereocenters. The Balaban J connectivity index is 1.31. The molecule has 224 valence electrons. The van der Waals surface area contributed by atoms with Crippen LogP contribution in [0.25, 0.3) is 10.9 Å². The molecule has 42 heavy (non-hydrogen) atoms. The van der Waals surface area contributed by atoms with E-state index in [0.717, 1.165) is 6.07 Å². The molecule has 1 aliphatic carbocycles. The second-order valence-electron chi connectivity index (χ2n) is 11.0. The number of carbonyl (C=O) groups is 3. The van der Waals surface area contributed by atoms with Gasteiger partial charge in [-0.15, -0.1) is 0 Å². The number of carboxylic acids is 1. The molecule has 1 aliphatic heterocycles. The van der Waals surface area contributed by atoms with Gasteiger partial charge in [0.25, 0.3) is 5.91 Å². The Bertz CT molecular complexity index is 1520. The topological polar surface area (TPSA) is 101 Å². The van der Waals surface area contributed by atoms with Crippen molar-refractivity contribution in [3.05, 3.63) is 64.3 Å². The molecule has 2 aromatic carbocycles.